The van der Waals surface area contributed by atoms with Crippen molar-refractivity contribution in [3.05, 3.63) is 164 Å². The predicted octanol–water partition coefficient (Wildman–Crippen LogP) is 13.9. The Morgan fingerprint density at radius 1 is 0.340 bits per heavy atom. The first-order chi connectivity index (χ1) is 23.3. The van der Waals surface area contributed by atoms with Crippen molar-refractivity contribution in [2.24, 2.45) is 0 Å². The molecule has 47 heavy (non-hydrogen) atoms. The monoisotopic (exact) mass is 633 g/mol. The molecular formula is C44H27NS2. The second-order valence-corrected chi connectivity index (χ2v) is 14.3. The molecule has 0 saturated carbocycles. The summed E-state index contributed by atoms with van der Waals surface area (Å²) in [6.07, 6.45) is 0. The van der Waals surface area contributed by atoms with Crippen LogP contribution in [-0.4, -0.2) is 0 Å². The summed E-state index contributed by atoms with van der Waals surface area (Å²) in [5.74, 6) is 0. The van der Waals surface area contributed by atoms with Crippen molar-refractivity contribution in [1.29, 1.82) is 0 Å². The molecule has 1 nitrogen and oxygen atoms in total. The van der Waals surface area contributed by atoms with Crippen molar-refractivity contribution < 1.29 is 0 Å². The Kier molecular flexibility index (Phi) is 5.98. The molecule has 0 amide bonds. The molecule has 0 unspecified atom stereocenters. The van der Waals surface area contributed by atoms with Crippen LogP contribution in [-0.2, 0) is 0 Å². The largest absolute Gasteiger partial charge is 0.310 e. The summed E-state index contributed by atoms with van der Waals surface area (Å²) < 4.78 is 5.30. The first-order valence-electron chi connectivity index (χ1n) is 15.9. The molecule has 3 heteroatoms. The van der Waals surface area contributed by atoms with Gasteiger partial charge in [0, 0.05) is 57.4 Å². The molecule has 10 aromatic rings. The van der Waals surface area contributed by atoms with Crippen LogP contribution < -0.4 is 4.90 Å². The van der Waals surface area contributed by atoms with E-state index in [1.807, 2.05) is 22.7 Å². The molecule has 0 bridgehead atoms. The number of hydrogen-bond acceptors (Lipinski definition) is 3. The Bertz CT molecular complexity index is 2800. The Morgan fingerprint density at radius 2 is 0.915 bits per heavy atom. The maximum Gasteiger partial charge on any atom is 0.0468 e. The van der Waals surface area contributed by atoms with Gasteiger partial charge in [0.25, 0.3) is 0 Å². The Morgan fingerprint density at radius 3 is 1.70 bits per heavy atom. The SMILES string of the molecule is c1ccc2c(-c3ccc(N(c4ccc5sc6ccccc6c5c4)c4ccc5sc6c7ccccc7ccc6c5c4)cc3)cccc2c1. The number of thiophene rings is 2. The van der Waals surface area contributed by atoms with Crippen molar-refractivity contribution in [3.63, 3.8) is 0 Å². The van der Waals surface area contributed by atoms with Gasteiger partial charge in [-0.1, -0.05) is 109 Å². The lowest BCUT2D eigenvalue weighted by molar-refractivity contribution is 1.30. The van der Waals surface area contributed by atoms with Crippen LogP contribution in [0.1, 0.15) is 0 Å². The predicted molar refractivity (Wildman–Crippen MR) is 207 cm³/mol. The van der Waals surface area contributed by atoms with Crippen molar-refractivity contribution in [3.8, 4) is 11.1 Å². The molecule has 2 aromatic heterocycles. The van der Waals surface area contributed by atoms with Crippen molar-refractivity contribution in [2.75, 3.05) is 4.90 Å². The van der Waals surface area contributed by atoms with Crippen molar-refractivity contribution in [1.82, 2.24) is 0 Å². The van der Waals surface area contributed by atoms with Crippen LogP contribution in [0.15, 0.2) is 164 Å². The molecule has 2 heterocycles. The fraction of sp³-hybridized carbons (Fsp3) is 0. The van der Waals surface area contributed by atoms with E-state index in [2.05, 4.69) is 169 Å². The van der Waals surface area contributed by atoms with E-state index in [0.717, 1.165) is 17.1 Å². The highest BCUT2D eigenvalue weighted by Gasteiger charge is 2.18. The molecule has 0 spiro atoms. The molecule has 0 N–H and O–H groups in total. The Balaban J connectivity index is 1.17. The summed E-state index contributed by atoms with van der Waals surface area (Å²) >= 11 is 3.75. The highest BCUT2D eigenvalue weighted by Crippen LogP contribution is 2.44. The van der Waals surface area contributed by atoms with E-state index in [4.69, 9.17) is 0 Å². The number of fused-ring (bicyclic) bond motifs is 9. The molecule has 220 valence electrons. The number of benzene rings is 8. The van der Waals surface area contributed by atoms with Gasteiger partial charge in [-0.2, -0.15) is 0 Å². The van der Waals surface area contributed by atoms with Gasteiger partial charge in [0.2, 0.25) is 0 Å². The minimum Gasteiger partial charge on any atom is -0.310 e. The number of rotatable bonds is 4. The third-order valence-corrected chi connectivity index (χ3v) is 11.8. The second-order valence-electron chi connectivity index (χ2n) is 12.1. The van der Waals surface area contributed by atoms with Gasteiger partial charge in [0.05, 0.1) is 0 Å². The van der Waals surface area contributed by atoms with E-state index in [-0.39, 0.29) is 0 Å². The van der Waals surface area contributed by atoms with Gasteiger partial charge in [-0.15, -0.1) is 22.7 Å². The lowest BCUT2D eigenvalue weighted by atomic mass is 9.98. The van der Waals surface area contributed by atoms with Crippen LogP contribution in [0.2, 0.25) is 0 Å². The van der Waals surface area contributed by atoms with Crippen LogP contribution in [0.5, 0.6) is 0 Å². The van der Waals surface area contributed by atoms with Gasteiger partial charge in [-0.25, -0.2) is 0 Å². The van der Waals surface area contributed by atoms with E-state index in [1.165, 1.54) is 73.0 Å². The average Bonchev–Trinajstić information content (AvgIpc) is 3.70. The molecule has 0 atom stereocenters. The molecule has 10 rings (SSSR count). The van der Waals surface area contributed by atoms with Crippen LogP contribution in [0.4, 0.5) is 17.1 Å². The number of anilines is 3. The topological polar surface area (TPSA) is 3.24 Å². The minimum absolute atomic E-state index is 1.14. The molecule has 0 aliphatic rings. The summed E-state index contributed by atoms with van der Waals surface area (Å²) in [6, 6.07) is 60.2. The van der Waals surface area contributed by atoms with Gasteiger partial charge in [0.1, 0.15) is 0 Å². The zero-order chi connectivity index (χ0) is 30.9. The minimum atomic E-state index is 1.14. The van der Waals surface area contributed by atoms with Crippen LogP contribution in [0.25, 0.3) is 73.0 Å². The fourth-order valence-corrected chi connectivity index (χ4v) is 9.50. The standard InChI is InChI=1S/C44H27NS2/c1-3-11-34-28(8-1)10-7-14-35(34)30-16-19-31(20-17-30)45(32-21-24-42-39(26-32)37-13-5-6-15-41(37)46-42)33-22-25-43-40(27-33)38-23-18-29-9-2-4-12-36(29)44(38)47-43/h1-27H. The van der Waals surface area contributed by atoms with Crippen molar-refractivity contribution >= 4 is 102 Å². The molecule has 0 fully saturated rings. The average molecular weight is 634 g/mol. The van der Waals surface area contributed by atoms with Crippen LogP contribution >= 0.6 is 22.7 Å². The second kappa shape index (κ2) is 10.5. The van der Waals surface area contributed by atoms with Crippen molar-refractivity contribution in [2.45, 2.75) is 0 Å². The fourth-order valence-electron chi connectivity index (χ4n) is 7.20. The van der Waals surface area contributed by atoms with E-state index in [1.54, 1.807) is 0 Å². The normalized spacial score (nSPS) is 11.8. The molecule has 0 aliphatic heterocycles. The Labute approximate surface area is 280 Å². The zero-order valence-electron chi connectivity index (χ0n) is 25.4. The van der Waals surface area contributed by atoms with Gasteiger partial charge < -0.3 is 4.90 Å². The number of hydrogen-bond donors (Lipinski definition) is 0. The van der Waals surface area contributed by atoms with Crippen LogP contribution in [0.3, 0.4) is 0 Å². The zero-order valence-corrected chi connectivity index (χ0v) is 27.0. The summed E-state index contributed by atoms with van der Waals surface area (Å²) in [6.45, 7) is 0. The van der Waals surface area contributed by atoms with Gasteiger partial charge >= 0.3 is 0 Å². The highest BCUT2D eigenvalue weighted by molar-refractivity contribution is 7.26. The Hall–Kier alpha value is -5.48. The highest BCUT2D eigenvalue weighted by atomic mass is 32.1. The third kappa shape index (κ3) is 4.28. The maximum atomic E-state index is 2.42. The van der Waals surface area contributed by atoms with Gasteiger partial charge in [-0.05, 0) is 87.3 Å². The smallest absolute Gasteiger partial charge is 0.0468 e. The van der Waals surface area contributed by atoms with Gasteiger partial charge in [0.15, 0.2) is 0 Å². The molecule has 0 aliphatic carbocycles. The summed E-state index contributed by atoms with van der Waals surface area (Å²) in [5.41, 5.74) is 5.92. The summed E-state index contributed by atoms with van der Waals surface area (Å²) in [4.78, 5) is 2.42. The lowest BCUT2D eigenvalue weighted by Crippen LogP contribution is -2.09. The molecule has 0 radical (unpaired) electrons. The van der Waals surface area contributed by atoms with E-state index >= 15 is 0 Å². The molecule has 8 aromatic carbocycles. The number of nitrogens with zero attached hydrogens (tertiary/aromatic N) is 1. The first kappa shape index (κ1) is 26.7. The lowest BCUT2D eigenvalue weighted by Gasteiger charge is -2.26. The molecule has 0 saturated heterocycles. The third-order valence-electron chi connectivity index (χ3n) is 9.45. The quantitative estimate of drug-likeness (QED) is 0.186. The molecular weight excluding hydrogens is 607 g/mol. The van der Waals surface area contributed by atoms with Gasteiger partial charge in [-0.3, -0.25) is 0 Å². The van der Waals surface area contributed by atoms with E-state index < -0.39 is 0 Å². The van der Waals surface area contributed by atoms with E-state index in [0.29, 0.717) is 0 Å². The summed E-state index contributed by atoms with van der Waals surface area (Å²) in [7, 11) is 0. The van der Waals surface area contributed by atoms with E-state index in [9.17, 15) is 0 Å². The first-order valence-corrected chi connectivity index (χ1v) is 17.6. The van der Waals surface area contributed by atoms with Crippen LogP contribution in [0, 0.1) is 0 Å². The summed E-state index contributed by atoms with van der Waals surface area (Å²) in [5, 5.41) is 10.4. The maximum absolute atomic E-state index is 2.42.